The second-order valence-corrected chi connectivity index (χ2v) is 5.81. The third-order valence-corrected chi connectivity index (χ3v) is 4.10. The Kier molecular flexibility index (Phi) is 5.28. The summed E-state index contributed by atoms with van der Waals surface area (Å²) >= 11 is 1.80. The Hall–Kier alpha value is -1.00. The van der Waals surface area contributed by atoms with Crippen molar-refractivity contribution in [1.82, 2.24) is 5.32 Å². The van der Waals surface area contributed by atoms with Crippen molar-refractivity contribution in [1.29, 1.82) is 0 Å². The Labute approximate surface area is 119 Å². The topological polar surface area (TPSA) is 38.3 Å². The Morgan fingerprint density at radius 2 is 2.26 bits per heavy atom. The van der Waals surface area contributed by atoms with E-state index in [1.165, 1.54) is 5.56 Å². The molecule has 2 atom stereocenters. The van der Waals surface area contributed by atoms with Gasteiger partial charge in [0.15, 0.2) is 0 Å². The fourth-order valence-electron chi connectivity index (χ4n) is 2.39. The first-order valence-corrected chi connectivity index (χ1v) is 8.06. The molecule has 0 aromatic heterocycles. The highest BCUT2D eigenvalue weighted by molar-refractivity contribution is 7.97. The van der Waals surface area contributed by atoms with E-state index in [0.29, 0.717) is 13.2 Å². The molecule has 1 saturated heterocycles. The molecule has 1 N–H and O–H groups in total. The zero-order chi connectivity index (χ0) is 13.7. The minimum absolute atomic E-state index is 0.00869. The molecule has 0 radical (unpaired) electrons. The molecule has 0 spiro atoms. The average molecular weight is 279 g/mol. The molecule has 1 aliphatic heterocycles. The van der Waals surface area contributed by atoms with Crippen LogP contribution in [-0.2, 0) is 21.8 Å². The molecule has 1 heterocycles. The SMILES string of the molecule is CSCc1cccc(CNC(=O)[C@H]2CCO[C@@H]2C)c1. The third-order valence-electron chi connectivity index (χ3n) is 3.48. The van der Waals surface area contributed by atoms with Crippen molar-refractivity contribution in [2.24, 2.45) is 5.92 Å². The number of hydrogen-bond acceptors (Lipinski definition) is 3. The number of amides is 1. The predicted molar refractivity (Wildman–Crippen MR) is 79.0 cm³/mol. The van der Waals surface area contributed by atoms with Gasteiger partial charge >= 0.3 is 0 Å². The maximum atomic E-state index is 12.0. The summed E-state index contributed by atoms with van der Waals surface area (Å²) in [4.78, 5) is 12.0. The van der Waals surface area contributed by atoms with Gasteiger partial charge in [0.25, 0.3) is 0 Å². The van der Waals surface area contributed by atoms with Gasteiger partial charge in [-0.05, 0) is 30.7 Å². The highest BCUT2D eigenvalue weighted by Gasteiger charge is 2.30. The molecule has 0 aliphatic carbocycles. The van der Waals surface area contributed by atoms with E-state index in [1.54, 1.807) is 11.8 Å². The molecule has 1 aromatic carbocycles. The van der Waals surface area contributed by atoms with Gasteiger partial charge in [0.1, 0.15) is 0 Å². The number of rotatable bonds is 5. The summed E-state index contributed by atoms with van der Waals surface area (Å²) in [5.74, 6) is 1.13. The van der Waals surface area contributed by atoms with Crippen LogP contribution in [0.1, 0.15) is 24.5 Å². The van der Waals surface area contributed by atoms with Gasteiger partial charge in [-0.3, -0.25) is 4.79 Å². The number of thioether (sulfide) groups is 1. The average Bonchev–Trinajstić information content (AvgIpc) is 2.83. The highest BCUT2D eigenvalue weighted by Crippen LogP contribution is 2.20. The van der Waals surface area contributed by atoms with E-state index < -0.39 is 0 Å². The van der Waals surface area contributed by atoms with Crippen LogP contribution in [0.5, 0.6) is 0 Å². The van der Waals surface area contributed by atoms with E-state index in [1.807, 2.05) is 13.0 Å². The summed E-state index contributed by atoms with van der Waals surface area (Å²) in [6, 6.07) is 8.38. The lowest BCUT2D eigenvalue weighted by atomic mass is 10.0. The van der Waals surface area contributed by atoms with Crippen LogP contribution >= 0.6 is 11.8 Å². The van der Waals surface area contributed by atoms with Crippen LogP contribution in [0.4, 0.5) is 0 Å². The number of carbonyl (C=O) groups excluding carboxylic acids is 1. The van der Waals surface area contributed by atoms with Gasteiger partial charge in [0, 0.05) is 18.9 Å². The van der Waals surface area contributed by atoms with Crippen LogP contribution in [0.3, 0.4) is 0 Å². The Bertz CT molecular complexity index is 436. The fourth-order valence-corrected chi connectivity index (χ4v) is 2.91. The van der Waals surface area contributed by atoms with Crippen molar-refractivity contribution in [3.63, 3.8) is 0 Å². The minimum Gasteiger partial charge on any atom is -0.378 e. The van der Waals surface area contributed by atoms with Crippen LogP contribution in [0.15, 0.2) is 24.3 Å². The van der Waals surface area contributed by atoms with E-state index in [0.717, 1.165) is 17.7 Å². The zero-order valence-electron chi connectivity index (χ0n) is 11.5. The smallest absolute Gasteiger partial charge is 0.226 e. The monoisotopic (exact) mass is 279 g/mol. The lowest BCUT2D eigenvalue weighted by Crippen LogP contribution is -2.33. The molecule has 19 heavy (non-hydrogen) atoms. The molecule has 104 valence electrons. The molecule has 1 aromatic rings. The van der Waals surface area contributed by atoms with Gasteiger partial charge in [-0.1, -0.05) is 24.3 Å². The first kappa shape index (κ1) is 14.4. The largest absolute Gasteiger partial charge is 0.378 e. The molecule has 4 heteroatoms. The lowest BCUT2D eigenvalue weighted by molar-refractivity contribution is -0.126. The normalized spacial score (nSPS) is 22.4. The van der Waals surface area contributed by atoms with Crippen molar-refractivity contribution >= 4 is 17.7 Å². The standard InChI is InChI=1S/C15H21NO2S/c1-11-14(6-7-18-11)15(17)16-9-12-4-3-5-13(8-12)10-19-2/h3-5,8,11,14H,6-7,9-10H2,1-2H3,(H,16,17)/t11-,14+/m1/s1. The molecule has 0 saturated carbocycles. The lowest BCUT2D eigenvalue weighted by Gasteiger charge is -2.14. The van der Waals surface area contributed by atoms with E-state index in [4.69, 9.17) is 4.74 Å². The van der Waals surface area contributed by atoms with Crippen molar-refractivity contribution in [3.8, 4) is 0 Å². The van der Waals surface area contributed by atoms with Gasteiger partial charge in [-0.2, -0.15) is 11.8 Å². The van der Waals surface area contributed by atoms with Crippen molar-refractivity contribution < 1.29 is 9.53 Å². The fraction of sp³-hybridized carbons (Fsp3) is 0.533. The third kappa shape index (κ3) is 3.98. The molecule has 3 nitrogen and oxygen atoms in total. The molecule has 2 rings (SSSR count). The number of hydrogen-bond donors (Lipinski definition) is 1. The van der Waals surface area contributed by atoms with Crippen LogP contribution in [0.2, 0.25) is 0 Å². The first-order valence-electron chi connectivity index (χ1n) is 6.67. The van der Waals surface area contributed by atoms with Gasteiger partial charge in [-0.25, -0.2) is 0 Å². The first-order chi connectivity index (χ1) is 9.20. The molecular weight excluding hydrogens is 258 g/mol. The van der Waals surface area contributed by atoms with Crippen LogP contribution in [0.25, 0.3) is 0 Å². The van der Waals surface area contributed by atoms with Gasteiger partial charge in [0.2, 0.25) is 5.91 Å². The number of carbonyl (C=O) groups is 1. The summed E-state index contributed by atoms with van der Waals surface area (Å²) in [6.07, 6.45) is 2.97. The number of nitrogens with one attached hydrogen (secondary N) is 1. The van der Waals surface area contributed by atoms with Crippen LogP contribution in [0, 0.1) is 5.92 Å². The van der Waals surface area contributed by atoms with Crippen LogP contribution < -0.4 is 5.32 Å². The Morgan fingerprint density at radius 3 is 2.95 bits per heavy atom. The summed E-state index contributed by atoms with van der Waals surface area (Å²) < 4.78 is 5.43. The van der Waals surface area contributed by atoms with Crippen molar-refractivity contribution in [3.05, 3.63) is 35.4 Å². The van der Waals surface area contributed by atoms with Crippen molar-refractivity contribution in [2.45, 2.75) is 31.7 Å². The zero-order valence-corrected chi connectivity index (χ0v) is 12.3. The quantitative estimate of drug-likeness (QED) is 0.900. The van der Waals surface area contributed by atoms with E-state index >= 15 is 0 Å². The summed E-state index contributed by atoms with van der Waals surface area (Å²) in [6.45, 7) is 3.27. The van der Waals surface area contributed by atoms with E-state index in [-0.39, 0.29) is 17.9 Å². The predicted octanol–water partition coefficient (Wildman–Crippen LogP) is 2.59. The second kappa shape index (κ2) is 6.96. The molecule has 1 aliphatic rings. The maximum Gasteiger partial charge on any atom is 0.226 e. The Morgan fingerprint density at radius 1 is 1.47 bits per heavy atom. The molecular formula is C15H21NO2S. The maximum absolute atomic E-state index is 12.0. The molecule has 0 bridgehead atoms. The number of benzene rings is 1. The second-order valence-electron chi connectivity index (χ2n) is 4.94. The number of ether oxygens (including phenoxy) is 1. The summed E-state index contributed by atoms with van der Waals surface area (Å²) in [5, 5.41) is 3.01. The Balaban J connectivity index is 1.87. The highest BCUT2D eigenvalue weighted by atomic mass is 32.2. The molecule has 1 fully saturated rings. The molecule has 0 unspecified atom stereocenters. The van der Waals surface area contributed by atoms with E-state index in [9.17, 15) is 4.79 Å². The molecule has 1 amide bonds. The van der Waals surface area contributed by atoms with Gasteiger partial charge in [-0.15, -0.1) is 0 Å². The summed E-state index contributed by atoms with van der Waals surface area (Å²) in [7, 11) is 0. The van der Waals surface area contributed by atoms with Gasteiger partial charge < -0.3 is 10.1 Å². The summed E-state index contributed by atoms with van der Waals surface area (Å²) in [5.41, 5.74) is 2.46. The van der Waals surface area contributed by atoms with Crippen molar-refractivity contribution in [2.75, 3.05) is 12.9 Å². The van der Waals surface area contributed by atoms with E-state index in [2.05, 4.69) is 29.8 Å². The minimum atomic E-state index is 0.00869. The van der Waals surface area contributed by atoms with Gasteiger partial charge in [0.05, 0.1) is 12.0 Å². The van der Waals surface area contributed by atoms with Crippen LogP contribution in [-0.4, -0.2) is 24.9 Å².